The first-order valence-corrected chi connectivity index (χ1v) is 8.97. The Morgan fingerprint density at radius 2 is 2.00 bits per heavy atom. The van der Waals surface area contributed by atoms with Crippen molar-refractivity contribution in [2.24, 2.45) is 0 Å². The fraction of sp³-hybridized carbons (Fsp3) is 0.421. The van der Waals surface area contributed by atoms with Gasteiger partial charge in [0.2, 0.25) is 0 Å². The van der Waals surface area contributed by atoms with E-state index in [2.05, 4.69) is 5.10 Å². The van der Waals surface area contributed by atoms with Crippen molar-refractivity contribution in [3.63, 3.8) is 0 Å². The lowest BCUT2D eigenvalue weighted by molar-refractivity contribution is -0.139. The average molecular weight is 411 g/mol. The second kappa shape index (κ2) is 8.24. The van der Waals surface area contributed by atoms with Crippen LogP contribution in [0.25, 0.3) is 0 Å². The molecule has 0 saturated carbocycles. The maximum atomic E-state index is 13.4. The average Bonchev–Trinajstić information content (AvgIpc) is 2.62. The molecule has 1 aliphatic rings. The van der Waals surface area contributed by atoms with E-state index in [9.17, 15) is 22.8 Å². The molecular weight excluding hydrogens is 391 g/mol. The van der Waals surface area contributed by atoms with Crippen molar-refractivity contribution in [3.8, 4) is 5.75 Å². The number of carboxylic acids is 1. The fourth-order valence-electron chi connectivity index (χ4n) is 3.22. The van der Waals surface area contributed by atoms with Crippen LogP contribution in [0, 0.1) is 0 Å². The van der Waals surface area contributed by atoms with Gasteiger partial charge in [0.15, 0.2) is 0 Å². The number of aromatic nitrogens is 2. The largest absolute Gasteiger partial charge is 0.497 e. The molecule has 1 aromatic heterocycles. The molecule has 0 aliphatic carbocycles. The molecule has 1 aromatic carbocycles. The summed E-state index contributed by atoms with van der Waals surface area (Å²) in [5, 5.41) is 13.0. The lowest BCUT2D eigenvalue weighted by Gasteiger charge is -2.40. The molecule has 1 unspecified atom stereocenters. The van der Waals surface area contributed by atoms with Crippen molar-refractivity contribution in [1.82, 2.24) is 14.7 Å². The SMILES string of the molecule is COc1ccc(Cn2nc(C3CCN3CCC(=O)O)cc(C(F)(F)F)c2=O)cc1. The Kier molecular flexibility index (Phi) is 5.92. The molecule has 3 rings (SSSR count). The molecule has 1 N–H and O–H groups in total. The zero-order valence-corrected chi connectivity index (χ0v) is 15.6. The number of nitrogens with zero attached hydrogens (tertiary/aromatic N) is 3. The molecule has 10 heteroatoms. The molecule has 0 radical (unpaired) electrons. The van der Waals surface area contributed by atoms with Crippen molar-refractivity contribution >= 4 is 5.97 Å². The van der Waals surface area contributed by atoms with Gasteiger partial charge in [-0.15, -0.1) is 0 Å². The normalized spacial score (nSPS) is 17.0. The maximum absolute atomic E-state index is 13.4. The van der Waals surface area contributed by atoms with Gasteiger partial charge < -0.3 is 9.84 Å². The third-order valence-electron chi connectivity index (χ3n) is 4.87. The van der Waals surface area contributed by atoms with Gasteiger partial charge in [-0.05, 0) is 30.2 Å². The quantitative estimate of drug-likeness (QED) is 0.754. The van der Waals surface area contributed by atoms with Crippen molar-refractivity contribution in [3.05, 3.63) is 57.5 Å². The molecule has 2 aromatic rings. The Morgan fingerprint density at radius 3 is 2.52 bits per heavy atom. The molecule has 2 heterocycles. The second-order valence-corrected chi connectivity index (χ2v) is 6.78. The highest BCUT2D eigenvalue weighted by molar-refractivity contribution is 5.66. The van der Waals surface area contributed by atoms with E-state index in [4.69, 9.17) is 9.84 Å². The number of aliphatic carboxylic acids is 1. The first-order valence-electron chi connectivity index (χ1n) is 8.97. The van der Waals surface area contributed by atoms with E-state index < -0.39 is 29.3 Å². The summed E-state index contributed by atoms with van der Waals surface area (Å²) >= 11 is 0. The fourth-order valence-corrected chi connectivity index (χ4v) is 3.22. The van der Waals surface area contributed by atoms with Crippen LogP contribution in [0.5, 0.6) is 5.75 Å². The Hall–Kier alpha value is -2.88. The summed E-state index contributed by atoms with van der Waals surface area (Å²) < 4.78 is 46.2. The molecule has 7 nitrogen and oxygen atoms in total. The van der Waals surface area contributed by atoms with Gasteiger partial charge in [0.25, 0.3) is 5.56 Å². The maximum Gasteiger partial charge on any atom is 0.421 e. The molecule has 0 spiro atoms. The van der Waals surface area contributed by atoms with E-state index in [1.54, 1.807) is 29.2 Å². The smallest absolute Gasteiger partial charge is 0.421 e. The molecule has 0 bridgehead atoms. The van der Waals surface area contributed by atoms with Crippen molar-refractivity contribution in [2.45, 2.75) is 31.6 Å². The molecule has 1 aliphatic heterocycles. The number of carboxylic acid groups (broad SMARTS) is 1. The summed E-state index contributed by atoms with van der Waals surface area (Å²) in [6, 6.07) is 6.93. The summed E-state index contributed by atoms with van der Waals surface area (Å²) in [7, 11) is 1.49. The van der Waals surface area contributed by atoms with Crippen LogP contribution in [-0.4, -0.2) is 46.0 Å². The Balaban J connectivity index is 1.94. The van der Waals surface area contributed by atoms with Gasteiger partial charge in [-0.1, -0.05) is 12.1 Å². The number of hydrogen-bond acceptors (Lipinski definition) is 5. The lowest BCUT2D eigenvalue weighted by Crippen LogP contribution is -2.44. The van der Waals surface area contributed by atoms with Crippen LogP contribution in [-0.2, 0) is 17.5 Å². The summed E-state index contributed by atoms with van der Waals surface area (Å²) in [6.45, 7) is 0.654. The van der Waals surface area contributed by atoms with Gasteiger partial charge in [-0.25, -0.2) is 4.68 Å². The Labute approximate surface area is 164 Å². The number of alkyl halides is 3. The summed E-state index contributed by atoms with van der Waals surface area (Å²) in [5.74, 6) is -0.397. The van der Waals surface area contributed by atoms with E-state index in [1.807, 2.05) is 0 Å². The number of benzene rings is 1. The monoisotopic (exact) mass is 411 g/mol. The molecular formula is C19H20F3N3O4. The zero-order chi connectivity index (χ0) is 21.2. The van der Waals surface area contributed by atoms with Crippen LogP contribution in [0.15, 0.2) is 35.1 Å². The minimum atomic E-state index is -4.81. The van der Waals surface area contributed by atoms with Gasteiger partial charge in [-0.2, -0.15) is 18.3 Å². The lowest BCUT2D eigenvalue weighted by atomic mass is 9.98. The van der Waals surface area contributed by atoms with Crippen LogP contribution in [0.4, 0.5) is 13.2 Å². The van der Waals surface area contributed by atoms with E-state index in [0.717, 1.165) is 10.7 Å². The van der Waals surface area contributed by atoms with E-state index in [1.165, 1.54) is 7.11 Å². The molecule has 1 fully saturated rings. The van der Waals surface area contributed by atoms with Crippen LogP contribution < -0.4 is 10.3 Å². The van der Waals surface area contributed by atoms with Gasteiger partial charge in [0.1, 0.15) is 11.3 Å². The van der Waals surface area contributed by atoms with E-state index >= 15 is 0 Å². The predicted molar refractivity (Wildman–Crippen MR) is 96.8 cm³/mol. The summed E-state index contributed by atoms with van der Waals surface area (Å²) in [6.07, 6.45) is -4.38. The van der Waals surface area contributed by atoms with Crippen molar-refractivity contribution in [1.29, 1.82) is 0 Å². The van der Waals surface area contributed by atoms with Crippen LogP contribution in [0.3, 0.4) is 0 Å². The van der Waals surface area contributed by atoms with Crippen molar-refractivity contribution < 1.29 is 27.8 Å². The number of hydrogen-bond donors (Lipinski definition) is 1. The summed E-state index contributed by atoms with van der Waals surface area (Å²) in [5.41, 5.74) is -1.78. The van der Waals surface area contributed by atoms with Gasteiger partial charge in [0, 0.05) is 13.1 Å². The Morgan fingerprint density at radius 1 is 1.31 bits per heavy atom. The third-order valence-corrected chi connectivity index (χ3v) is 4.87. The van der Waals surface area contributed by atoms with E-state index in [0.29, 0.717) is 24.3 Å². The Bertz CT molecular complexity index is 941. The minimum Gasteiger partial charge on any atom is -0.497 e. The number of carbonyl (C=O) groups is 1. The molecule has 1 saturated heterocycles. The van der Waals surface area contributed by atoms with Gasteiger partial charge >= 0.3 is 12.1 Å². The number of ether oxygens (including phenoxy) is 1. The van der Waals surface area contributed by atoms with Crippen LogP contribution in [0.2, 0.25) is 0 Å². The van der Waals surface area contributed by atoms with E-state index in [-0.39, 0.29) is 25.2 Å². The predicted octanol–water partition coefficient (Wildman–Crippen LogP) is 2.54. The van der Waals surface area contributed by atoms with Gasteiger partial charge in [-0.3, -0.25) is 14.5 Å². The summed E-state index contributed by atoms with van der Waals surface area (Å²) in [4.78, 5) is 24.9. The molecule has 156 valence electrons. The molecule has 0 amide bonds. The molecule has 1 atom stereocenters. The van der Waals surface area contributed by atoms with Crippen LogP contribution in [0.1, 0.15) is 35.7 Å². The highest BCUT2D eigenvalue weighted by Crippen LogP contribution is 2.34. The van der Waals surface area contributed by atoms with Gasteiger partial charge in [0.05, 0.1) is 31.8 Å². The minimum absolute atomic E-state index is 0.113. The first-order chi connectivity index (χ1) is 13.7. The highest BCUT2D eigenvalue weighted by atomic mass is 19.4. The first kappa shape index (κ1) is 20.8. The highest BCUT2D eigenvalue weighted by Gasteiger charge is 2.38. The second-order valence-electron chi connectivity index (χ2n) is 6.78. The van der Waals surface area contributed by atoms with Crippen LogP contribution >= 0.6 is 0 Å². The number of likely N-dealkylation sites (tertiary alicyclic amines) is 1. The third kappa shape index (κ3) is 4.76. The number of halogens is 3. The standard InChI is InChI=1S/C19H20F3N3O4/c1-29-13-4-2-12(3-5-13)11-25-18(28)14(19(20,21)22)10-15(23-25)16-6-8-24(16)9-7-17(26)27/h2-5,10,16H,6-9,11H2,1H3,(H,26,27). The number of rotatable bonds is 7. The molecule has 29 heavy (non-hydrogen) atoms. The number of methoxy groups -OCH3 is 1. The topological polar surface area (TPSA) is 84.7 Å². The zero-order valence-electron chi connectivity index (χ0n) is 15.6. The van der Waals surface area contributed by atoms with Crippen molar-refractivity contribution in [2.75, 3.05) is 20.2 Å².